The molecule has 0 heterocycles. The van der Waals surface area contributed by atoms with E-state index in [-0.39, 0.29) is 5.92 Å². The van der Waals surface area contributed by atoms with Gasteiger partial charge in [0.2, 0.25) is 5.91 Å². The Kier molecular flexibility index (Phi) is 5.10. The number of carboxylic acids is 1. The number of carbonyl (C=O) groups is 2. The lowest BCUT2D eigenvalue weighted by Crippen LogP contribution is -2.44. The molecule has 2 rings (SSSR count). The van der Waals surface area contributed by atoms with Crippen LogP contribution in [-0.4, -0.2) is 29.2 Å². The van der Waals surface area contributed by atoms with Crippen LogP contribution in [0, 0.1) is 5.92 Å². The van der Waals surface area contributed by atoms with E-state index in [1.165, 1.54) is 6.07 Å². The second kappa shape index (κ2) is 6.57. The number of carbonyl (C=O) groups excluding carboxylic acids is 1. The van der Waals surface area contributed by atoms with E-state index in [1.807, 2.05) is 5.32 Å². The molecule has 1 aliphatic rings. The minimum Gasteiger partial charge on any atom is -0.480 e. The SMILES string of the molecule is O=C(O)C(CC(F)(F)F)NC(=O)C1CC1c1ccc(Cl)cc1Cl. The van der Waals surface area contributed by atoms with Crippen LogP contribution in [0.5, 0.6) is 0 Å². The van der Waals surface area contributed by atoms with Gasteiger partial charge in [-0.3, -0.25) is 4.79 Å². The Balaban J connectivity index is 2.01. The van der Waals surface area contributed by atoms with Crippen LogP contribution in [0.25, 0.3) is 0 Å². The van der Waals surface area contributed by atoms with Gasteiger partial charge in [0.25, 0.3) is 0 Å². The van der Waals surface area contributed by atoms with Gasteiger partial charge in [-0.1, -0.05) is 29.3 Å². The monoisotopic (exact) mass is 369 g/mol. The molecule has 4 nitrogen and oxygen atoms in total. The van der Waals surface area contributed by atoms with Crippen LogP contribution in [0.1, 0.15) is 24.3 Å². The van der Waals surface area contributed by atoms with Crippen molar-refractivity contribution in [3.63, 3.8) is 0 Å². The Hall–Kier alpha value is -1.47. The van der Waals surface area contributed by atoms with Crippen molar-refractivity contribution in [1.82, 2.24) is 5.32 Å². The smallest absolute Gasteiger partial charge is 0.391 e. The van der Waals surface area contributed by atoms with Crippen LogP contribution in [0.3, 0.4) is 0 Å². The van der Waals surface area contributed by atoms with Crippen molar-refractivity contribution in [2.24, 2.45) is 5.92 Å². The molecule has 0 bridgehead atoms. The van der Waals surface area contributed by atoms with Gasteiger partial charge in [-0.2, -0.15) is 13.2 Å². The van der Waals surface area contributed by atoms with Crippen molar-refractivity contribution in [3.8, 4) is 0 Å². The molecule has 0 aliphatic heterocycles. The standard InChI is InChI=1S/C14H12Cl2F3NO3/c15-6-1-2-7(10(16)3-6)8-4-9(8)12(21)20-11(13(22)23)5-14(17,18)19/h1-3,8-9,11H,4-5H2,(H,20,21)(H,22,23). The highest BCUT2D eigenvalue weighted by atomic mass is 35.5. The van der Waals surface area contributed by atoms with Crippen molar-refractivity contribution in [2.45, 2.75) is 31.0 Å². The van der Waals surface area contributed by atoms with Gasteiger partial charge in [-0.05, 0) is 30.0 Å². The second-order valence-electron chi connectivity index (χ2n) is 5.33. The van der Waals surface area contributed by atoms with Gasteiger partial charge in [-0.25, -0.2) is 4.79 Å². The molecule has 1 aromatic rings. The van der Waals surface area contributed by atoms with Gasteiger partial charge in [-0.15, -0.1) is 0 Å². The van der Waals surface area contributed by atoms with Crippen molar-refractivity contribution < 1.29 is 27.9 Å². The minimum absolute atomic E-state index is 0.250. The summed E-state index contributed by atoms with van der Waals surface area (Å²) in [5.74, 6) is -3.29. The van der Waals surface area contributed by atoms with E-state index in [1.54, 1.807) is 12.1 Å². The average molecular weight is 370 g/mol. The van der Waals surface area contributed by atoms with Crippen LogP contribution in [0.4, 0.5) is 13.2 Å². The number of carboxylic acid groups (broad SMARTS) is 1. The zero-order valence-corrected chi connectivity index (χ0v) is 13.0. The Morgan fingerprint density at radius 1 is 1.35 bits per heavy atom. The highest BCUT2D eigenvalue weighted by Gasteiger charge is 2.46. The molecular formula is C14H12Cl2F3NO3. The molecule has 0 radical (unpaired) electrons. The lowest BCUT2D eigenvalue weighted by molar-refractivity contribution is -0.160. The zero-order valence-electron chi connectivity index (χ0n) is 11.5. The number of aliphatic carboxylic acids is 1. The number of benzene rings is 1. The van der Waals surface area contributed by atoms with E-state index in [4.69, 9.17) is 28.3 Å². The fourth-order valence-corrected chi connectivity index (χ4v) is 2.89. The van der Waals surface area contributed by atoms with Gasteiger partial charge in [0.05, 0.1) is 6.42 Å². The highest BCUT2D eigenvalue weighted by Crippen LogP contribution is 2.50. The molecule has 1 aromatic carbocycles. The molecule has 0 aromatic heterocycles. The Morgan fingerprint density at radius 2 is 2.00 bits per heavy atom. The molecule has 1 amide bonds. The third-order valence-electron chi connectivity index (χ3n) is 3.54. The number of rotatable bonds is 5. The van der Waals surface area contributed by atoms with Gasteiger partial charge < -0.3 is 10.4 Å². The first-order valence-electron chi connectivity index (χ1n) is 6.63. The molecule has 3 unspecified atom stereocenters. The van der Waals surface area contributed by atoms with Crippen LogP contribution < -0.4 is 5.32 Å². The summed E-state index contributed by atoms with van der Waals surface area (Å²) in [6.07, 6.45) is -5.91. The van der Waals surface area contributed by atoms with Crippen LogP contribution >= 0.6 is 23.2 Å². The van der Waals surface area contributed by atoms with E-state index >= 15 is 0 Å². The van der Waals surface area contributed by atoms with E-state index in [9.17, 15) is 22.8 Å². The first-order chi connectivity index (χ1) is 10.6. The summed E-state index contributed by atoms with van der Waals surface area (Å²) in [5, 5.41) is 11.5. The summed E-state index contributed by atoms with van der Waals surface area (Å²) >= 11 is 11.8. The topological polar surface area (TPSA) is 66.4 Å². The Labute approximate surface area is 139 Å². The third-order valence-corrected chi connectivity index (χ3v) is 4.10. The number of halogens is 5. The van der Waals surface area contributed by atoms with Crippen LogP contribution in [0.2, 0.25) is 10.0 Å². The molecule has 9 heteroatoms. The van der Waals surface area contributed by atoms with Gasteiger partial charge >= 0.3 is 12.1 Å². The van der Waals surface area contributed by atoms with Crippen molar-refractivity contribution >= 4 is 35.1 Å². The van der Waals surface area contributed by atoms with Crippen molar-refractivity contribution in [1.29, 1.82) is 0 Å². The molecule has 1 fully saturated rings. The summed E-state index contributed by atoms with van der Waals surface area (Å²) in [6, 6.07) is 2.76. The largest absolute Gasteiger partial charge is 0.480 e. The maximum absolute atomic E-state index is 12.3. The molecule has 1 saturated carbocycles. The lowest BCUT2D eigenvalue weighted by Gasteiger charge is -2.16. The van der Waals surface area contributed by atoms with Crippen LogP contribution in [0.15, 0.2) is 18.2 Å². The number of alkyl halides is 3. The Morgan fingerprint density at radius 3 is 2.52 bits per heavy atom. The first kappa shape index (κ1) is 17.9. The summed E-state index contributed by atoms with van der Waals surface area (Å²) in [7, 11) is 0. The molecule has 23 heavy (non-hydrogen) atoms. The average Bonchev–Trinajstić information content (AvgIpc) is 3.16. The quantitative estimate of drug-likeness (QED) is 0.832. The number of hydrogen-bond donors (Lipinski definition) is 2. The lowest BCUT2D eigenvalue weighted by atomic mass is 10.1. The van der Waals surface area contributed by atoms with Gasteiger partial charge in [0.15, 0.2) is 0 Å². The normalized spacial score (nSPS) is 21.6. The van der Waals surface area contributed by atoms with E-state index in [2.05, 4.69) is 0 Å². The Bertz CT molecular complexity index is 636. The summed E-state index contributed by atoms with van der Waals surface area (Å²) in [4.78, 5) is 22.8. The molecule has 126 valence electrons. The zero-order chi connectivity index (χ0) is 17.4. The van der Waals surface area contributed by atoms with E-state index in [0.717, 1.165) is 0 Å². The van der Waals surface area contributed by atoms with Gasteiger partial charge in [0.1, 0.15) is 6.04 Å². The van der Waals surface area contributed by atoms with E-state index < -0.39 is 36.4 Å². The molecule has 1 aliphatic carbocycles. The van der Waals surface area contributed by atoms with Gasteiger partial charge in [0, 0.05) is 16.0 Å². The highest BCUT2D eigenvalue weighted by molar-refractivity contribution is 6.35. The maximum Gasteiger partial charge on any atom is 0.391 e. The molecule has 3 atom stereocenters. The molecule has 0 spiro atoms. The number of amides is 1. The van der Waals surface area contributed by atoms with Crippen molar-refractivity contribution in [3.05, 3.63) is 33.8 Å². The molecule has 2 N–H and O–H groups in total. The first-order valence-corrected chi connectivity index (χ1v) is 7.39. The minimum atomic E-state index is -4.68. The predicted octanol–water partition coefficient (Wildman–Crippen LogP) is 3.62. The maximum atomic E-state index is 12.3. The van der Waals surface area contributed by atoms with Crippen molar-refractivity contribution in [2.75, 3.05) is 0 Å². The summed E-state index contributed by atoms with van der Waals surface area (Å²) < 4.78 is 37.0. The second-order valence-corrected chi connectivity index (χ2v) is 6.18. The summed E-state index contributed by atoms with van der Waals surface area (Å²) in [6.45, 7) is 0. The number of hydrogen-bond acceptors (Lipinski definition) is 2. The fraction of sp³-hybridized carbons (Fsp3) is 0.429. The van der Waals surface area contributed by atoms with E-state index in [0.29, 0.717) is 22.0 Å². The predicted molar refractivity (Wildman–Crippen MR) is 77.5 cm³/mol. The number of nitrogens with one attached hydrogen (secondary N) is 1. The molecular weight excluding hydrogens is 358 g/mol. The summed E-state index contributed by atoms with van der Waals surface area (Å²) in [5.41, 5.74) is 0.666. The third kappa shape index (κ3) is 4.75. The fourth-order valence-electron chi connectivity index (χ4n) is 2.34. The van der Waals surface area contributed by atoms with Crippen LogP contribution in [-0.2, 0) is 9.59 Å². The molecule has 0 saturated heterocycles.